The number of nitrogens with zero attached hydrogens (tertiary/aromatic N) is 1. The smallest absolute Gasteiger partial charge is 0.0468 e. The molecule has 1 atom stereocenters. The van der Waals surface area contributed by atoms with E-state index < -0.39 is 0 Å². The molecular formula is C18H18Cl2N2. The fourth-order valence-corrected chi connectivity index (χ4v) is 4.08. The van der Waals surface area contributed by atoms with Crippen LogP contribution in [0.4, 0.5) is 5.69 Å². The second kappa shape index (κ2) is 5.45. The third-order valence-corrected chi connectivity index (χ3v) is 5.34. The van der Waals surface area contributed by atoms with E-state index in [-0.39, 0.29) is 5.92 Å². The zero-order valence-corrected chi connectivity index (χ0v) is 13.7. The van der Waals surface area contributed by atoms with Crippen LogP contribution in [0.5, 0.6) is 0 Å². The average Bonchev–Trinajstić information content (AvgIpc) is 3.32. The summed E-state index contributed by atoms with van der Waals surface area (Å²) in [7, 11) is 0. The molecule has 4 rings (SSSR count). The third-order valence-electron chi connectivity index (χ3n) is 4.78. The Morgan fingerprint density at radius 1 is 1.05 bits per heavy atom. The molecule has 1 aliphatic heterocycles. The molecule has 0 spiro atoms. The van der Waals surface area contributed by atoms with Gasteiger partial charge in [0, 0.05) is 40.8 Å². The minimum Gasteiger partial charge on any atom is -0.398 e. The zero-order valence-electron chi connectivity index (χ0n) is 12.2. The zero-order chi connectivity index (χ0) is 15.3. The predicted molar refractivity (Wildman–Crippen MR) is 92.6 cm³/mol. The maximum Gasteiger partial charge on any atom is 0.0468 e. The molecule has 1 heterocycles. The highest BCUT2D eigenvalue weighted by atomic mass is 35.5. The molecule has 0 radical (unpaired) electrons. The molecule has 0 amide bonds. The molecule has 2 nitrogen and oxygen atoms in total. The molecule has 0 bridgehead atoms. The molecule has 1 fully saturated rings. The molecule has 0 saturated heterocycles. The Hall–Kier alpha value is -1.22. The highest BCUT2D eigenvalue weighted by molar-refractivity contribution is 6.35. The van der Waals surface area contributed by atoms with Gasteiger partial charge in [-0.15, -0.1) is 0 Å². The van der Waals surface area contributed by atoms with Crippen LogP contribution < -0.4 is 5.73 Å². The molecule has 2 aliphatic rings. The second-order valence-electron chi connectivity index (χ2n) is 6.30. The van der Waals surface area contributed by atoms with E-state index in [0.717, 1.165) is 23.8 Å². The van der Waals surface area contributed by atoms with E-state index in [1.54, 1.807) is 0 Å². The van der Waals surface area contributed by atoms with Crippen molar-refractivity contribution >= 4 is 28.9 Å². The summed E-state index contributed by atoms with van der Waals surface area (Å²) in [6, 6.07) is 12.7. The highest BCUT2D eigenvalue weighted by Crippen LogP contribution is 2.43. The normalized spacial score (nSPS) is 21.6. The van der Waals surface area contributed by atoms with Gasteiger partial charge in [0.2, 0.25) is 0 Å². The number of nitrogens with two attached hydrogens (primary N) is 1. The van der Waals surface area contributed by atoms with Crippen molar-refractivity contribution in [2.75, 3.05) is 12.3 Å². The van der Waals surface area contributed by atoms with Crippen molar-refractivity contribution in [2.45, 2.75) is 31.3 Å². The lowest BCUT2D eigenvalue weighted by atomic mass is 9.83. The molecule has 4 heteroatoms. The second-order valence-corrected chi connectivity index (χ2v) is 7.14. The van der Waals surface area contributed by atoms with Crippen molar-refractivity contribution in [1.29, 1.82) is 0 Å². The van der Waals surface area contributed by atoms with Gasteiger partial charge in [0.1, 0.15) is 0 Å². The van der Waals surface area contributed by atoms with Crippen molar-refractivity contribution in [2.24, 2.45) is 0 Å². The minimum atomic E-state index is 0.238. The van der Waals surface area contributed by atoms with Crippen molar-refractivity contribution in [3.05, 3.63) is 63.1 Å². The van der Waals surface area contributed by atoms with Crippen molar-refractivity contribution in [3.8, 4) is 0 Å². The lowest BCUT2D eigenvalue weighted by molar-refractivity contribution is 0.230. The first-order chi connectivity index (χ1) is 10.6. The van der Waals surface area contributed by atoms with Crippen LogP contribution in [0.3, 0.4) is 0 Å². The largest absolute Gasteiger partial charge is 0.398 e. The van der Waals surface area contributed by atoms with Crippen LogP contribution in [0.25, 0.3) is 0 Å². The quantitative estimate of drug-likeness (QED) is 0.808. The Balaban J connectivity index is 1.85. The lowest BCUT2D eigenvalue weighted by Crippen LogP contribution is -2.36. The number of halogens is 2. The summed E-state index contributed by atoms with van der Waals surface area (Å²) >= 11 is 12.7. The maximum absolute atomic E-state index is 6.49. The molecule has 22 heavy (non-hydrogen) atoms. The van der Waals surface area contributed by atoms with Crippen LogP contribution in [0, 0.1) is 0 Å². The van der Waals surface area contributed by atoms with E-state index in [1.165, 1.54) is 29.5 Å². The van der Waals surface area contributed by atoms with E-state index in [2.05, 4.69) is 17.0 Å². The number of benzene rings is 2. The first kappa shape index (κ1) is 14.4. The summed E-state index contributed by atoms with van der Waals surface area (Å²) < 4.78 is 0. The van der Waals surface area contributed by atoms with Gasteiger partial charge in [-0.1, -0.05) is 41.4 Å². The van der Waals surface area contributed by atoms with E-state index >= 15 is 0 Å². The summed E-state index contributed by atoms with van der Waals surface area (Å²) in [5.74, 6) is 0.238. The van der Waals surface area contributed by atoms with Crippen LogP contribution in [-0.2, 0) is 6.54 Å². The van der Waals surface area contributed by atoms with Crippen LogP contribution >= 0.6 is 23.2 Å². The standard InChI is InChI=1S/C18H18Cl2N2/c19-11-7-14-15(13-3-1-2-4-18(13)21)9-22(12-5-6-12)10-16(14)17(20)8-11/h1-4,7-8,12,15H,5-6,9-10,21H2. The van der Waals surface area contributed by atoms with E-state index in [1.807, 2.05) is 24.3 Å². The van der Waals surface area contributed by atoms with Gasteiger partial charge < -0.3 is 5.73 Å². The average molecular weight is 333 g/mol. The van der Waals surface area contributed by atoms with Gasteiger partial charge in [-0.3, -0.25) is 4.90 Å². The minimum absolute atomic E-state index is 0.238. The number of fused-ring (bicyclic) bond motifs is 1. The van der Waals surface area contributed by atoms with Crippen LogP contribution in [0.15, 0.2) is 36.4 Å². The number of rotatable bonds is 2. The highest BCUT2D eigenvalue weighted by Gasteiger charge is 2.36. The number of hydrogen-bond acceptors (Lipinski definition) is 2. The van der Waals surface area contributed by atoms with Gasteiger partial charge in [-0.2, -0.15) is 0 Å². The van der Waals surface area contributed by atoms with E-state index in [0.29, 0.717) is 11.1 Å². The summed E-state index contributed by atoms with van der Waals surface area (Å²) in [6.07, 6.45) is 2.58. The van der Waals surface area contributed by atoms with E-state index in [4.69, 9.17) is 28.9 Å². The van der Waals surface area contributed by atoms with Crippen LogP contribution in [-0.4, -0.2) is 17.5 Å². The summed E-state index contributed by atoms with van der Waals surface area (Å²) in [4.78, 5) is 2.54. The molecule has 2 aromatic rings. The summed E-state index contributed by atoms with van der Waals surface area (Å²) in [5.41, 5.74) is 10.7. The number of anilines is 1. The lowest BCUT2D eigenvalue weighted by Gasteiger charge is -2.36. The topological polar surface area (TPSA) is 29.3 Å². The fourth-order valence-electron chi connectivity index (χ4n) is 3.51. The fraction of sp³-hybridized carbons (Fsp3) is 0.333. The van der Waals surface area contributed by atoms with E-state index in [9.17, 15) is 0 Å². The van der Waals surface area contributed by atoms with Gasteiger partial charge in [0.15, 0.2) is 0 Å². The van der Waals surface area contributed by atoms with Crippen molar-refractivity contribution in [3.63, 3.8) is 0 Å². The SMILES string of the molecule is Nc1ccccc1C1CN(C2CC2)Cc2c(Cl)cc(Cl)cc21. The molecule has 114 valence electrons. The molecule has 0 aromatic heterocycles. The van der Waals surface area contributed by atoms with Gasteiger partial charge in [-0.05, 0) is 47.7 Å². The molecule has 2 aromatic carbocycles. The Bertz CT molecular complexity index is 725. The third kappa shape index (κ3) is 2.50. The molecular weight excluding hydrogens is 315 g/mol. The Labute approximate surface area is 140 Å². The Morgan fingerprint density at radius 3 is 2.55 bits per heavy atom. The number of hydrogen-bond donors (Lipinski definition) is 1. The summed E-state index contributed by atoms with van der Waals surface area (Å²) in [6.45, 7) is 1.90. The molecule has 1 saturated carbocycles. The van der Waals surface area contributed by atoms with Crippen LogP contribution in [0.1, 0.15) is 35.4 Å². The molecule has 1 unspecified atom stereocenters. The Morgan fingerprint density at radius 2 is 1.82 bits per heavy atom. The molecule has 1 aliphatic carbocycles. The van der Waals surface area contributed by atoms with Crippen LogP contribution in [0.2, 0.25) is 10.0 Å². The number of para-hydroxylation sites is 1. The van der Waals surface area contributed by atoms with Gasteiger partial charge >= 0.3 is 0 Å². The first-order valence-corrected chi connectivity index (χ1v) is 8.45. The maximum atomic E-state index is 6.49. The van der Waals surface area contributed by atoms with Gasteiger partial charge in [0.25, 0.3) is 0 Å². The summed E-state index contributed by atoms with van der Waals surface area (Å²) in [5, 5.41) is 1.47. The molecule has 2 N–H and O–H groups in total. The van der Waals surface area contributed by atoms with Gasteiger partial charge in [0.05, 0.1) is 0 Å². The Kier molecular flexibility index (Phi) is 3.56. The van der Waals surface area contributed by atoms with Gasteiger partial charge in [-0.25, -0.2) is 0 Å². The van der Waals surface area contributed by atoms with Crippen molar-refractivity contribution < 1.29 is 0 Å². The monoisotopic (exact) mass is 332 g/mol. The number of nitrogen functional groups attached to an aromatic ring is 1. The predicted octanol–water partition coefficient (Wildman–Crippen LogP) is 4.69. The first-order valence-electron chi connectivity index (χ1n) is 7.69. The van der Waals surface area contributed by atoms with Crippen molar-refractivity contribution in [1.82, 2.24) is 4.90 Å².